The van der Waals surface area contributed by atoms with E-state index in [1.807, 2.05) is 26.0 Å². The zero-order valence-electron chi connectivity index (χ0n) is 15.9. The average Bonchev–Trinajstić information content (AvgIpc) is 2.60. The second-order valence-corrected chi connectivity index (χ2v) is 6.16. The maximum Gasteiger partial charge on any atom is 0.248 e. The maximum absolute atomic E-state index is 12.1. The van der Waals surface area contributed by atoms with Crippen molar-refractivity contribution in [2.75, 3.05) is 17.7 Å². The molecule has 0 fully saturated rings. The van der Waals surface area contributed by atoms with Crippen molar-refractivity contribution in [2.24, 2.45) is 0 Å². The van der Waals surface area contributed by atoms with E-state index >= 15 is 0 Å². The van der Waals surface area contributed by atoms with Gasteiger partial charge in [-0.15, -0.1) is 0 Å². The van der Waals surface area contributed by atoms with Crippen molar-refractivity contribution in [3.63, 3.8) is 0 Å². The molecule has 0 saturated carbocycles. The standard InChI is InChI=1S/C21H24N2O4/c1-14(2)27-19-10-8-16(12-20(19)26-4)9-11-21(25)23-18-7-5-6-17(13-18)22-15(3)24/h5-14H,1-4H3,(H,22,24)(H,23,25)/b11-9+. The highest BCUT2D eigenvalue weighted by Gasteiger charge is 2.07. The van der Waals surface area contributed by atoms with E-state index in [2.05, 4.69) is 10.6 Å². The minimum atomic E-state index is -0.281. The third kappa shape index (κ3) is 6.51. The zero-order chi connectivity index (χ0) is 19.8. The fourth-order valence-electron chi connectivity index (χ4n) is 2.37. The van der Waals surface area contributed by atoms with Gasteiger partial charge in [-0.05, 0) is 55.8 Å². The monoisotopic (exact) mass is 368 g/mol. The Balaban J connectivity index is 2.05. The highest BCUT2D eigenvalue weighted by atomic mass is 16.5. The minimum Gasteiger partial charge on any atom is -0.493 e. The first kappa shape index (κ1) is 20.0. The average molecular weight is 368 g/mol. The second-order valence-electron chi connectivity index (χ2n) is 6.16. The van der Waals surface area contributed by atoms with E-state index in [1.165, 1.54) is 13.0 Å². The first-order valence-electron chi connectivity index (χ1n) is 8.59. The van der Waals surface area contributed by atoms with Crippen LogP contribution < -0.4 is 20.1 Å². The maximum atomic E-state index is 12.1. The van der Waals surface area contributed by atoms with Crippen molar-refractivity contribution in [3.8, 4) is 11.5 Å². The molecular formula is C21H24N2O4. The van der Waals surface area contributed by atoms with Crippen molar-refractivity contribution in [1.29, 1.82) is 0 Å². The molecule has 2 amide bonds. The molecule has 27 heavy (non-hydrogen) atoms. The fraction of sp³-hybridized carbons (Fsp3) is 0.238. The molecule has 0 radical (unpaired) electrons. The van der Waals surface area contributed by atoms with Crippen molar-refractivity contribution >= 4 is 29.3 Å². The van der Waals surface area contributed by atoms with E-state index in [4.69, 9.17) is 9.47 Å². The number of hydrogen-bond acceptors (Lipinski definition) is 4. The van der Waals surface area contributed by atoms with Crippen LogP contribution in [-0.4, -0.2) is 25.0 Å². The Morgan fingerprint density at radius 1 is 1.00 bits per heavy atom. The van der Waals surface area contributed by atoms with Crippen LogP contribution >= 0.6 is 0 Å². The number of carbonyl (C=O) groups is 2. The number of methoxy groups -OCH3 is 1. The van der Waals surface area contributed by atoms with Gasteiger partial charge in [0.25, 0.3) is 0 Å². The van der Waals surface area contributed by atoms with Crippen LogP contribution in [0, 0.1) is 0 Å². The van der Waals surface area contributed by atoms with Crippen LogP contribution in [0.4, 0.5) is 11.4 Å². The lowest BCUT2D eigenvalue weighted by atomic mass is 10.2. The topological polar surface area (TPSA) is 76.7 Å². The fourth-order valence-corrected chi connectivity index (χ4v) is 2.37. The Kier molecular flexibility index (Phi) is 7.00. The van der Waals surface area contributed by atoms with Crippen LogP contribution in [0.15, 0.2) is 48.5 Å². The molecule has 6 nitrogen and oxygen atoms in total. The van der Waals surface area contributed by atoms with E-state index in [1.54, 1.807) is 43.5 Å². The van der Waals surface area contributed by atoms with Crippen LogP contribution in [0.3, 0.4) is 0 Å². The van der Waals surface area contributed by atoms with Gasteiger partial charge in [0.15, 0.2) is 11.5 Å². The molecule has 0 aliphatic heterocycles. The smallest absolute Gasteiger partial charge is 0.248 e. The Morgan fingerprint density at radius 3 is 2.33 bits per heavy atom. The van der Waals surface area contributed by atoms with E-state index in [-0.39, 0.29) is 17.9 Å². The summed E-state index contributed by atoms with van der Waals surface area (Å²) in [7, 11) is 1.57. The molecule has 2 aromatic rings. The van der Waals surface area contributed by atoms with E-state index in [0.29, 0.717) is 22.9 Å². The number of ether oxygens (including phenoxy) is 2. The summed E-state index contributed by atoms with van der Waals surface area (Å²) in [4.78, 5) is 23.3. The number of benzene rings is 2. The third-order valence-electron chi connectivity index (χ3n) is 3.43. The molecule has 0 heterocycles. The van der Waals surface area contributed by atoms with Gasteiger partial charge < -0.3 is 20.1 Å². The molecular weight excluding hydrogens is 344 g/mol. The van der Waals surface area contributed by atoms with Crippen LogP contribution in [0.25, 0.3) is 6.08 Å². The highest BCUT2D eigenvalue weighted by molar-refractivity contribution is 6.02. The van der Waals surface area contributed by atoms with Gasteiger partial charge in [0, 0.05) is 24.4 Å². The van der Waals surface area contributed by atoms with Crippen molar-refractivity contribution < 1.29 is 19.1 Å². The molecule has 0 aliphatic carbocycles. The SMILES string of the molecule is COc1cc(/C=C/C(=O)Nc2cccc(NC(C)=O)c2)ccc1OC(C)C. The van der Waals surface area contributed by atoms with Gasteiger partial charge in [0.05, 0.1) is 13.2 Å². The molecule has 0 atom stereocenters. The van der Waals surface area contributed by atoms with Crippen molar-refractivity contribution in [2.45, 2.75) is 26.9 Å². The van der Waals surface area contributed by atoms with Crippen LogP contribution in [0.5, 0.6) is 11.5 Å². The van der Waals surface area contributed by atoms with Crippen LogP contribution in [0.1, 0.15) is 26.3 Å². The Hall–Kier alpha value is -3.28. The summed E-state index contributed by atoms with van der Waals surface area (Å²) in [6.45, 7) is 5.32. The summed E-state index contributed by atoms with van der Waals surface area (Å²) in [5.41, 5.74) is 2.02. The van der Waals surface area contributed by atoms with E-state index in [0.717, 1.165) is 5.56 Å². The quantitative estimate of drug-likeness (QED) is 0.722. The molecule has 142 valence electrons. The predicted molar refractivity (Wildman–Crippen MR) is 107 cm³/mol. The number of carbonyl (C=O) groups excluding carboxylic acids is 2. The van der Waals surface area contributed by atoms with Crippen molar-refractivity contribution in [3.05, 3.63) is 54.1 Å². The molecule has 0 unspecified atom stereocenters. The third-order valence-corrected chi connectivity index (χ3v) is 3.43. The summed E-state index contributed by atoms with van der Waals surface area (Å²) < 4.78 is 11.0. The van der Waals surface area contributed by atoms with Crippen molar-refractivity contribution in [1.82, 2.24) is 0 Å². The highest BCUT2D eigenvalue weighted by Crippen LogP contribution is 2.29. The van der Waals surface area contributed by atoms with Crippen LogP contribution in [-0.2, 0) is 9.59 Å². The first-order chi connectivity index (χ1) is 12.9. The summed E-state index contributed by atoms with van der Waals surface area (Å²) in [5.74, 6) is 0.812. The Morgan fingerprint density at radius 2 is 1.70 bits per heavy atom. The summed E-state index contributed by atoms with van der Waals surface area (Å²) in [6.07, 6.45) is 3.16. The van der Waals surface area contributed by atoms with Gasteiger partial charge in [0.2, 0.25) is 11.8 Å². The largest absolute Gasteiger partial charge is 0.493 e. The molecule has 0 aromatic heterocycles. The predicted octanol–water partition coefficient (Wildman–Crippen LogP) is 4.09. The molecule has 0 aliphatic rings. The lowest BCUT2D eigenvalue weighted by Gasteiger charge is -2.13. The van der Waals surface area contributed by atoms with E-state index in [9.17, 15) is 9.59 Å². The minimum absolute atomic E-state index is 0.0410. The normalized spacial score (nSPS) is 10.7. The first-order valence-corrected chi connectivity index (χ1v) is 8.59. The summed E-state index contributed by atoms with van der Waals surface area (Å²) >= 11 is 0. The summed E-state index contributed by atoms with van der Waals surface area (Å²) in [6, 6.07) is 12.4. The molecule has 2 N–H and O–H groups in total. The Labute approximate surface area is 159 Å². The van der Waals surface area contributed by atoms with Gasteiger partial charge in [-0.3, -0.25) is 9.59 Å². The second kappa shape index (κ2) is 9.43. The zero-order valence-corrected chi connectivity index (χ0v) is 15.9. The lowest BCUT2D eigenvalue weighted by molar-refractivity contribution is -0.114. The lowest BCUT2D eigenvalue weighted by Crippen LogP contribution is -2.09. The number of hydrogen-bond donors (Lipinski definition) is 2. The van der Waals surface area contributed by atoms with Gasteiger partial charge in [-0.1, -0.05) is 12.1 Å². The van der Waals surface area contributed by atoms with Crippen LogP contribution in [0.2, 0.25) is 0 Å². The van der Waals surface area contributed by atoms with Gasteiger partial charge in [0.1, 0.15) is 0 Å². The molecule has 2 rings (SSSR count). The number of rotatable bonds is 7. The van der Waals surface area contributed by atoms with Gasteiger partial charge in [-0.2, -0.15) is 0 Å². The van der Waals surface area contributed by atoms with E-state index < -0.39 is 0 Å². The van der Waals surface area contributed by atoms with Gasteiger partial charge in [-0.25, -0.2) is 0 Å². The summed E-state index contributed by atoms with van der Waals surface area (Å²) in [5, 5.41) is 5.43. The number of nitrogens with one attached hydrogen (secondary N) is 2. The number of amides is 2. The molecule has 0 spiro atoms. The Bertz CT molecular complexity index is 844. The molecule has 0 bridgehead atoms. The molecule has 0 saturated heterocycles. The van der Waals surface area contributed by atoms with Gasteiger partial charge >= 0.3 is 0 Å². The molecule has 6 heteroatoms. The number of anilines is 2. The molecule has 2 aromatic carbocycles.